The lowest BCUT2D eigenvalue weighted by Gasteiger charge is -2.14. The van der Waals surface area contributed by atoms with Gasteiger partial charge in [0.2, 0.25) is 0 Å². The first kappa shape index (κ1) is 8.95. The fourth-order valence-electron chi connectivity index (χ4n) is 1.60. The first-order valence-electron chi connectivity index (χ1n) is 4.76. The Balaban J connectivity index is 2.04. The monoisotopic (exact) mass is 193 g/mol. The second-order valence-electron chi connectivity index (χ2n) is 3.52. The Morgan fingerprint density at radius 1 is 1.38 bits per heavy atom. The van der Waals surface area contributed by atoms with Gasteiger partial charge in [0.1, 0.15) is 0 Å². The molecule has 1 aliphatic rings. The highest BCUT2D eigenvalue weighted by atomic mass is 32.2. The van der Waals surface area contributed by atoms with E-state index in [9.17, 15) is 0 Å². The van der Waals surface area contributed by atoms with Crippen molar-refractivity contribution in [3.05, 3.63) is 29.8 Å². The number of hydrogen-bond donors (Lipinski definition) is 1. The number of thioether (sulfide) groups is 1. The van der Waals surface area contributed by atoms with Gasteiger partial charge in [-0.15, -0.1) is 0 Å². The SMILES string of the molecule is Cc1ccccc1NC1CCSC1. The van der Waals surface area contributed by atoms with Crippen molar-refractivity contribution < 1.29 is 0 Å². The second kappa shape index (κ2) is 4.05. The van der Waals surface area contributed by atoms with E-state index in [0.29, 0.717) is 6.04 Å². The molecule has 1 atom stereocenters. The molecule has 1 aromatic rings. The number of para-hydroxylation sites is 1. The van der Waals surface area contributed by atoms with Gasteiger partial charge in [-0.3, -0.25) is 0 Å². The van der Waals surface area contributed by atoms with Crippen molar-refractivity contribution in [1.82, 2.24) is 0 Å². The Bertz CT molecular complexity index is 279. The van der Waals surface area contributed by atoms with Crippen LogP contribution in [0, 0.1) is 6.92 Å². The Hall–Kier alpha value is -0.630. The standard InChI is InChI=1S/C11H15NS/c1-9-4-2-3-5-11(9)12-10-6-7-13-8-10/h2-5,10,12H,6-8H2,1H3. The molecule has 2 rings (SSSR count). The minimum Gasteiger partial charge on any atom is -0.381 e. The van der Waals surface area contributed by atoms with Crippen molar-refractivity contribution in [2.45, 2.75) is 19.4 Å². The topological polar surface area (TPSA) is 12.0 Å². The van der Waals surface area contributed by atoms with Crippen molar-refractivity contribution in [2.24, 2.45) is 0 Å². The summed E-state index contributed by atoms with van der Waals surface area (Å²) >= 11 is 2.04. The maximum atomic E-state index is 3.59. The molecule has 0 aromatic heterocycles. The third-order valence-electron chi connectivity index (χ3n) is 2.43. The first-order chi connectivity index (χ1) is 6.36. The summed E-state index contributed by atoms with van der Waals surface area (Å²) in [5.41, 5.74) is 2.65. The van der Waals surface area contributed by atoms with E-state index in [-0.39, 0.29) is 0 Å². The predicted molar refractivity (Wildman–Crippen MR) is 60.5 cm³/mol. The number of aryl methyl sites for hydroxylation is 1. The smallest absolute Gasteiger partial charge is 0.0372 e. The average Bonchev–Trinajstić information content (AvgIpc) is 2.61. The van der Waals surface area contributed by atoms with Gasteiger partial charge in [0.05, 0.1) is 0 Å². The predicted octanol–water partition coefficient (Wildman–Crippen LogP) is 2.91. The van der Waals surface area contributed by atoms with Crippen LogP contribution in [0.15, 0.2) is 24.3 Å². The van der Waals surface area contributed by atoms with Crippen LogP contribution in [-0.4, -0.2) is 17.5 Å². The van der Waals surface area contributed by atoms with Gasteiger partial charge in [-0.05, 0) is 30.7 Å². The maximum absolute atomic E-state index is 3.59. The first-order valence-corrected chi connectivity index (χ1v) is 5.91. The highest BCUT2D eigenvalue weighted by molar-refractivity contribution is 7.99. The van der Waals surface area contributed by atoms with Gasteiger partial charge in [-0.1, -0.05) is 18.2 Å². The van der Waals surface area contributed by atoms with Gasteiger partial charge in [0.25, 0.3) is 0 Å². The second-order valence-corrected chi connectivity index (χ2v) is 4.67. The van der Waals surface area contributed by atoms with Crippen LogP contribution in [0.25, 0.3) is 0 Å². The van der Waals surface area contributed by atoms with Crippen molar-refractivity contribution in [3.63, 3.8) is 0 Å². The van der Waals surface area contributed by atoms with Crippen LogP contribution in [0.2, 0.25) is 0 Å². The van der Waals surface area contributed by atoms with Crippen LogP contribution >= 0.6 is 11.8 Å². The molecule has 1 fully saturated rings. The van der Waals surface area contributed by atoms with E-state index in [2.05, 4.69) is 36.5 Å². The molecule has 0 aliphatic carbocycles. The molecule has 13 heavy (non-hydrogen) atoms. The van der Waals surface area contributed by atoms with Crippen LogP contribution in [0.4, 0.5) is 5.69 Å². The molecule has 1 saturated heterocycles. The molecule has 0 radical (unpaired) electrons. The molecule has 0 amide bonds. The molecule has 0 spiro atoms. The minimum absolute atomic E-state index is 0.686. The lowest BCUT2D eigenvalue weighted by atomic mass is 10.1. The van der Waals surface area contributed by atoms with E-state index in [1.807, 2.05) is 11.8 Å². The number of anilines is 1. The van der Waals surface area contributed by atoms with E-state index in [1.54, 1.807) is 0 Å². The molecule has 1 nitrogen and oxygen atoms in total. The summed E-state index contributed by atoms with van der Waals surface area (Å²) in [6.45, 7) is 2.16. The van der Waals surface area contributed by atoms with Gasteiger partial charge in [-0.25, -0.2) is 0 Å². The lowest BCUT2D eigenvalue weighted by molar-refractivity contribution is 0.812. The number of hydrogen-bond acceptors (Lipinski definition) is 2. The van der Waals surface area contributed by atoms with E-state index in [1.165, 1.54) is 29.2 Å². The van der Waals surface area contributed by atoms with Crippen LogP contribution in [0.1, 0.15) is 12.0 Å². The third kappa shape index (κ3) is 2.19. The molecule has 0 bridgehead atoms. The van der Waals surface area contributed by atoms with E-state index >= 15 is 0 Å². The fourth-order valence-corrected chi connectivity index (χ4v) is 2.76. The van der Waals surface area contributed by atoms with E-state index < -0.39 is 0 Å². The Morgan fingerprint density at radius 3 is 2.92 bits per heavy atom. The van der Waals surface area contributed by atoms with Gasteiger partial charge < -0.3 is 5.32 Å². The largest absolute Gasteiger partial charge is 0.381 e. The molecular formula is C11H15NS. The highest BCUT2D eigenvalue weighted by Crippen LogP contribution is 2.22. The molecule has 1 unspecified atom stereocenters. The molecule has 1 N–H and O–H groups in total. The molecule has 70 valence electrons. The third-order valence-corrected chi connectivity index (χ3v) is 3.60. The van der Waals surface area contributed by atoms with Crippen molar-refractivity contribution in [1.29, 1.82) is 0 Å². The zero-order chi connectivity index (χ0) is 9.10. The molecule has 1 aromatic carbocycles. The quantitative estimate of drug-likeness (QED) is 0.775. The van der Waals surface area contributed by atoms with Crippen LogP contribution in [0.5, 0.6) is 0 Å². The molecule has 2 heteroatoms. The van der Waals surface area contributed by atoms with Crippen LogP contribution in [-0.2, 0) is 0 Å². The van der Waals surface area contributed by atoms with E-state index in [0.717, 1.165) is 0 Å². The zero-order valence-electron chi connectivity index (χ0n) is 7.92. The molecule has 1 heterocycles. The van der Waals surface area contributed by atoms with Gasteiger partial charge in [0.15, 0.2) is 0 Å². The minimum atomic E-state index is 0.686. The zero-order valence-corrected chi connectivity index (χ0v) is 8.73. The summed E-state index contributed by atoms with van der Waals surface area (Å²) < 4.78 is 0. The molecular weight excluding hydrogens is 178 g/mol. The van der Waals surface area contributed by atoms with E-state index in [4.69, 9.17) is 0 Å². The summed E-state index contributed by atoms with van der Waals surface area (Å²) in [5.74, 6) is 2.57. The lowest BCUT2D eigenvalue weighted by Crippen LogP contribution is -2.18. The number of benzene rings is 1. The summed E-state index contributed by atoms with van der Waals surface area (Å²) in [7, 11) is 0. The van der Waals surface area contributed by atoms with Gasteiger partial charge in [0, 0.05) is 17.5 Å². The maximum Gasteiger partial charge on any atom is 0.0372 e. The Labute approximate surface area is 83.9 Å². The summed E-state index contributed by atoms with van der Waals surface area (Å²) in [6.07, 6.45) is 1.30. The highest BCUT2D eigenvalue weighted by Gasteiger charge is 2.14. The average molecular weight is 193 g/mol. The van der Waals surface area contributed by atoms with Crippen molar-refractivity contribution in [3.8, 4) is 0 Å². The fraction of sp³-hybridized carbons (Fsp3) is 0.455. The summed E-state index contributed by atoms with van der Waals surface area (Å²) in [6, 6.07) is 9.19. The number of rotatable bonds is 2. The summed E-state index contributed by atoms with van der Waals surface area (Å²) in [5, 5.41) is 3.59. The van der Waals surface area contributed by atoms with Crippen molar-refractivity contribution >= 4 is 17.4 Å². The summed E-state index contributed by atoms with van der Waals surface area (Å²) in [4.78, 5) is 0. The van der Waals surface area contributed by atoms with Crippen molar-refractivity contribution in [2.75, 3.05) is 16.8 Å². The van der Waals surface area contributed by atoms with Crippen LogP contribution in [0.3, 0.4) is 0 Å². The van der Waals surface area contributed by atoms with Gasteiger partial charge in [-0.2, -0.15) is 11.8 Å². The molecule has 1 aliphatic heterocycles. The Morgan fingerprint density at radius 2 is 2.23 bits per heavy atom. The normalized spacial score (nSPS) is 21.8. The Kier molecular flexibility index (Phi) is 2.79. The van der Waals surface area contributed by atoms with Crippen LogP contribution < -0.4 is 5.32 Å². The number of nitrogens with one attached hydrogen (secondary N) is 1. The van der Waals surface area contributed by atoms with Gasteiger partial charge >= 0.3 is 0 Å². The molecule has 0 saturated carbocycles.